The monoisotopic (exact) mass is 614 g/mol. The molecule has 45 heavy (non-hydrogen) atoms. The molecule has 0 aliphatic carbocycles. The lowest BCUT2D eigenvalue weighted by Gasteiger charge is -2.35. The number of piperazine rings is 1. The number of likely N-dealkylation sites (tertiary alicyclic amines) is 1. The summed E-state index contributed by atoms with van der Waals surface area (Å²) in [7, 11) is 0. The van der Waals surface area contributed by atoms with Crippen molar-refractivity contribution in [1.82, 2.24) is 24.8 Å². The van der Waals surface area contributed by atoms with Crippen molar-refractivity contribution in [3.05, 3.63) is 66.4 Å². The average molecular weight is 615 g/mol. The molecule has 5 heterocycles. The summed E-state index contributed by atoms with van der Waals surface area (Å²) in [6, 6.07) is 11.8. The van der Waals surface area contributed by atoms with E-state index in [0.717, 1.165) is 48.9 Å². The van der Waals surface area contributed by atoms with Crippen molar-refractivity contribution in [1.29, 1.82) is 0 Å². The summed E-state index contributed by atoms with van der Waals surface area (Å²) in [5, 5.41) is 2.37. The van der Waals surface area contributed by atoms with Crippen LogP contribution in [0.15, 0.2) is 55.0 Å². The minimum atomic E-state index is -0.989. The molecule has 234 valence electrons. The van der Waals surface area contributed by atoms with E-state index in [0.29, 0.717) is 42.6 Å². The molecule has 4 aromatic rings. The first-order valence-electron chi connectivity index (χ1n) is 15.4. The zero-order chi connectivity index (χ0) is 31.3. The van der Waals surface area contributed by atoms with Gasteiger partial charge in [-0.3, -0.25) is 14.7 Å². The summed E-state index contributed by atoms with van der Waals surface area (Å²) in [4.78, 5) is 31.9. The SMILES string of the molecule is C=C(F)C(=O)N1CCN(c2nc(OCCCN3C[C@@H]4C[C@@]3(C)CO4)nc3c(F)c(-c4cccc5cccc(C)c45)ncc23)CC1. The molecule has 2 aromatic carbocycles. The molecule has 3 saturated heterocycles. The molecule has 7 rings (SSSR count). The van der Waals surface area contributed by atoms with Crippen LogP contribution >= 0.6 is 0 Å². The first-order valence-corrected chi connectivity index (χ1v) is 15.4. The molecule has 1 amide bonds. The van der Waals surface area contributed by atoms with Crippen LogP contribution in [-0.2, 0) is 9.53 Å². The van der Waals surface area contributed by atoms with Gasteiger partial charge in [0.15, 0.2) is 11.6 Å². The van der Waals surface area contributed by atoms with Crippen LogP contribution in [0.1, 0.15) is 25.3 Å². The molecule has 3 fully saturated rings. The molecule has 2 bridgehead atoms. The normalized spacial score (nSPS) is 21.6. The number of aromatic nitrogens is 3. The summed E-state index contributed by atoms with van der Waals surface area (Å²) in [6.45, 7) is 11.5. The quantitative estimate of drug-likeness (QED) is 0.201. The molecule has 2 aromatic heterocycles. The number of anilines is 1. The third-order valence-corrected chi connectivity index (χ3v) is 9.40. The van der Waals surface area contributed by atoms with Crippen molar-refractivity contribution in [2.24, 2.45) is 0 Å². The Hall–Kier alpha value is -4.22. The van der Waals surface area contributed by atoms with Gasteiger partial charge >= 0.3 is 6.01 Å². The maximum atomic E-state index is 16.6. The number of rotatable bonds is 8. The number of nitrogens with zero attached hydrogens (tertiary/aromatic N) is 6. The van der Waals surface area contributed by atoms with E-state index in [4.69, 9.17) is 14.5 Å². The second-order valence-corrected chi connectivity index (χ2v) is 12.5. The van der Waals surface area contributed by atoms with Crippen molar-refractivity contribution < 1.29 is 23.0 Å². The van der Waals surface area contributed by atoms with Crippen LogP contribution < -0.4 is 9.64 Å². The second-order valence-electron chi connectivity index (χ2n) is 12.5. The second kappa shape index (κ2) is 11.6. The van der Waals surface area contributed by atoms with Gasteiger partial charge in [0.05, 0.1) is 24.7 Å². The van der Waals surface area contributed by atoms with Crippen LogP contribution in [0.25, 0.3) is 32.9 Å². The number of pyridine rings is 1. The molecular formula is C34H36F2N6O3. The van der Waals surface area contributed by atoms with E-state index in [1.165, 1.54) is 4.90 Å². The Kier molecular flexibility index (Phi) is 7.61. The molecule has 0 radical (unpaired) electrons. The number of halogens is 2. The van der Waals surface area contributed by atoms with Gasteiger partial charge in [0, 0.05) is 56.6 Å². The number of morpholine rings is 1. The van der Waals surface area contributed by atoms with Crippen LogP contribution in [0.3, 0.4) is 0 Å². The minimum absolute atomic E-state index is 0.0713. The zero-order valence-electron chi connectivity index (χ0n) is 25.6. The Morgan fingerprint density at radius 2 is 1.93 bits per heavy atom. The molecule has 0 N–H and O–H groups in total. The van der Waals surface area contributed by atoms with Crippen molar-refractivity contribution in [2.75, 3.05) is 57.4 Å². The fraction of sp³-hybridized carbons (Fsp3) is 0.412. The molecule has 0 saturated carbocycles. The molecule has 0 spiro atoms. The number of benzene rings is 2. The van der Waals surface area contributed by atoms with Crippen LogP contribution in [0, 0.1) is 12.7 Å². The van der Waals surface area contributed by atoms with Crippen molar-refractivity contribution >= 4 is 33.4 Å². The third kappa shape index (κ3) is 5.37. The number of carbonyl (C=O) groups is 1. The topological polar surface area (TPSA) is 83.9 Å². The maximum Gasteiger partial charge on any atom is 0.319 e. The highest BCUT2D eigenvalue weighted by atomic mass is 19.1. The van der Waals surface area contributed by atoms with E-state index in [1.807, 2.05) is 48.2 Å². The van der Waals surface area contributed by atoms with Gasteiger partial charge in [0.2, 0.25) is 0 Å². The van der Waals surface area contributed by atoms with E-state index in [9.17, 15) is 9.18 Å². The molecule has 3 aliphatic rings. The number of hydrogen-bond donors (Lipinski definition) is 0. The van der Waals surface area contributed by atoms with Crippen molar-refractivity contribution in [2.45, 2.75) is 38.3 Å². The minimum Gasteiger partial charge on any atom is -0.463 e. The van der Waals surface area contributed by atoms with E-state index < -0.39 is 17.6 Å². The van der Waals surface area contributed by atoms with Crippen LogP contribution in [0.4, 0.5) is 14.6 Å². The smallest absolute Gasteiger partial charge is 0.319 e. The highest BCUT2D eigenvalue weighted by molar-refractivity contribution is 6.00. The van der Waals surface area contributed by atoms with Crippen molar-refractivity contribution in [3.8, 4) is 17.3 Å². The van der Waals surface area contributed by atoms with Crippen LogP contribution in [-0.4, -0.2) is 94.8 Å². The first-order chi connectivity index (χ1) is 21.7. The Balaban J connectivity index is 1.21. The van der Waals surface area contributed by atoms with E-state index >= 15 is 4.39 Å². The Morgan fingerprint density at radius 3 is 2.64 bits per heavy atom. The molecule has 2 atom stereocenters. The largest absolute Gasteiger partial charge is 0.463 e. The van der Waals surface area contributed by atoms with Gasteiger partial charge in [0.1, 0.15) is 17.0 Å². The first kappa shape index (κ1) is 29.5. The summed E-state index contributed by atoms with van der Waals surface area (Å²) < 4.78 is 42.0. The Morgan fingerprint density at radius 1 is 1.16 bits per heavy atom. The average Bonchev–Trinajstić information content (AvgIpc) is 3.58. The summed E-state index contributed by atoms with van der Waals surface area (Å²) >= 11 is 0. The number of ether oxygens (including phenoxy) is 2. The highest BCUT2D eigenvalue weighted by Gasteiger charge is 2.48. The number of aryl methyl sites for hydroxylation is 1. The van der Waals surface area contributed by atoms with E-state index in [-0.39, 0.29) is 35.8 Å². The number of fused-ring (bicyclic) bond motifs is 4. The van der Waals surface area contributed by atoms with Gasteiger partial charge in [-0.25, -0.2) is 8.78 Å². The standard InChI is InChI=1S/C34H36F2N6O3/c1-21-7-4-8-23-9-5-10-25(27(21)23)29-28(36)30-26(18-37-29)31(40-12-14-41(15-13-40)32(43)22(2)35)39-33(38-30)44-16-6-11-42-19-24-17-34(42,3)20-45-24/h4-5,7-10,18,24H,2,6,11-17,19-20H2,1,3H3/t24-,34-/m0/s1. The van der Waals surface area contributed by atoms with E-state index in [2.05, 4.69) is 28.4 Å². The Labute approximate surface area is 260 Å². The van der Waals surface area contributed by atoms with Gasteiger partial charge < -0.3 is 19.3 Å². The summed E-state index contributed by atoms with van der Waals surface area (Å²) in [5.74, 6) is -1.80. The lowest BCUT2D eigenvalue weighted by atomic mass is 9.97. The number of hydrogen-bond acceptors (Lipinski definition) is 8. The van der Waals surface area contributed by atoms with Gasteiger partial charge in [-0.2, -0.15) is 9.97 Å². The van der Waals surface area contributed by atoms with E-state index in [1.54, 1.807) is 6.20 Å². The Bertz CT molecular complexity index is 1810. The lowest BCUT2D eigenvalue weighted by molar-refractivity contribution is -0.128. The van der Waals surface area contributed by atoms with Gasteiger partial charge in [-0.05, 0) is 43.0 Å². The van der Waals surface area contributed by atoms with Gasteiger partial charge in [-0.15, -0.1) is 0 Å². The molecule has 11 heteroatoms. The molecule has 0 unspecified atom stereocenters. The molecule has 3 aliphatic heterocycles. The lowest BCUT2D eigenvalue weighted by Crippen LogP contribution is -2.49. The van der Waals surface area contributed by atoms with Gasteiger partial charge in [0.25, 0.3) is 5.91 Å². The predicted octanol–water partition coefficient (Wildman–Crippen LogP) is 5.06. The van der Waals surface area contributed by atoms with Crippen LogP contribution in [0.5, 0.6) is 6.01 Å². The molecular weight excluding hydrogens is 578 g/mol. The van der Waals surface area contributed by atoms with Crippen LogP contribution in [0.2, 0.25) is 0 Å². The molecule has 9 nitrogen and oxygen atoms in total. The third-order valence-electron chi connectivity index (χ3n) is 9.40. The number of carbonyl (C=O) groups excluding carboxylic acids is 1. The zero-order valence-corrected chi connectivity index (χ0v) is 25.6. The van der Waals surface area contributed by atoms with Crippen molar-refractivity contribution in [3.63, 3.8) is 0 Å². The van der Waals surface area contributed by atoms with Gasteiger partial charge in [-0.1, -0.05) is 43.0 Å². The maximum absolute atomic E-state index is 16.6. The fourth-order valence-corrected chi connectivity index (χ4v) is 7.02. The fourth-order valence-electron chi connectivity index (χ4n) is 7.02. The predicted molar refractivity (Wildman–Crippen MR) is 168 cm³/mol. The highest BCUT2D eigenvalue weighted by Crippen LogP contribution is 2.38. The summed E-state index contributed by atoms with van der Waals surface area (Å²) in [5.41, 5.74) is 2.09. The number of amides is 1. The summed E-state index contributed by atoms with van der Waals surface area (Å²) in [6.07, 6.45) is 3.72.